The van der Waals surface area contributed by atoms with Gasteiger partial charge in [0.25, 0.3) is 0 Å². The topological polar surface area (TPSA) is 52.3 Å². The smallest absolute Gasteiger partial charge is 0.126 e. The molecule has 1 atom stereocenters. The van der Waals surface area contributed by atoms with Crippen LogP contribution in [0.15, 0.2) is 29.2 Å². The Morgan fingerprint density at radius 2 is 2.13 bits per heavy atom. The maximum absolute atomic E-state index is 11.8. The largest absolute Gasteiger partial charge is 0.398 e. The molecule has 2 N–H and O–H groups in total. The maximum Gasteiger partial charge on any atom is 0.126 e. The molecule has 0 amide bonds. The number of ether oxygens (including phenoxy) is 1. The van der Waals surface area contributed by atoms with Crippen molar-refractivity contribution in [3.05, 3.63) is 24.3 Å². The van der Waals surface area contributed by atoms with Crippen LogP contribution < -0.4 is 5.73 Å². The number of benzene rings is 1. The molecule has 1 aliphatic rings. The van der Waals surface area contributed by atoms with Crippen LogP contribution in [0.4, 0.5) is 5.69 Å². The van der Waals surface area contributed by atoms with Crippen molar-refractivity contribution in [2.75, 3.05) is 18.3 Å². The molecule has 82 valence electrons. The summed E-state index contributed by atoms with van der Waals surface area (Å²) in [5.74, 6) is 0.958. The number of anilines is 1. The quantitative estimate of drug-likeness (QED) is 0.777. The standard InChI is InChI=1S/C11H15NO2S/c12-10-3-1-2-4-11(10)15(13)8-14-7-9-5-6-9/h1-4,9H,5-8,12H2. The van der Waals surface area contributed by atoms with Gasteiger partial charge in [-0.25, -0.2) is 0 Å². The van der Waals surface area contributed by atoms with E-state index in [2.05, 4.69) is 0 Å². The van der Waals surface area contributed by atoms with Gasteiger partial charge in [-0.1, -0.05) is 12.1 Å². The summed E-state index contributed by atoms with van der Waals surface area (Å²) >= 11 is 0. The van der Waals surface area contributed by atoms with Gasteiger partial charge in [0.15, 0.2) is 0 Å². The predicted octanol–water partition coefficient (Wildman–Crippen LogP) is 1.76. The van der Waals surface area contributed by atoms with E-state index in [-0.39, 0.29) is 5.94 Å². The molecule has 1 aliphatic carbocycles. The van der Waals surface area contributed by atoms with Crippen molar-refractivity contribution in [2.24, 2.45) is 5.92 Å². The Morgan fingerprint density at radius 3 is 2.80 bits per heavy atom. The van der Waals surface area contributed by atoms with E-state index in [1.54, 1.807) is 12.1 Å². The van der Waals surface area contributed by atoms with Crippen LogP contribution >= 0.6 is 0 Å². The van der Waals surface area contributed by atoms with Crippen LogP contribution in [0.2, 0.25) is 0 Å². The van der Waals surface area contributed by atoms with Crippen LogP contribution in [0, 0.1) is 5.92 Å². The molecule has 1 aromatic carbocycles. The van der Waals surface area contributed by atoms with Crippen molar-refractivity contribution < 1.29 is 8.95 Å². The Balaban J connectivity index is 1.86. The molecule has 1 saturated carbocycles. The molecule has 0 bridgehead atoms. The normalized spacial score (nSPS) is 17.6. The molecular formula is C11H15NO2S. The summed E-state index contributed by atoms with van der Waals surface area (Å²) in [5.41, 5.74) is 6.29. The molecule has 4 heteroatoms. The third-order valence-corrected chi connectivity index (χ3v) is 3.65. The highest BCUT2D eigenvalue weighted by atomic mass is 32.2. The molecule has 0 aromatic heterocycles. The Kier molecular flexibility index (Phi) is 3.38. The van der Waals surface area contributed by atoms with E-state index in [1.807, 2.05) is 12.1 Å². The lowest BCUT2D eigenvalue weighted by molar-refractivity contribution is 0.168. The van der Waals surface area contributed by atoms with Crippen molar-refractivity contribution in [2.45, 2.75) is 17.7 Å². The second-order valence-electron chi connectivity index (χ2n) is 3.82. The van der Waals surface area contributed by atoms with E-state index in [9.17, 15) is 4.21 Å². The van der Waals surface area contributed by atoms with Gasteiger partial charge in [0, 0.05) is 5.69 Å². The summed E-state index contributed by atoms with van der Waals surface area (Å²) in [6.45, 7) is 0.735. The first-order valence-corrected chi connectivity index (χ1v) is 6.40. The van der Waals surface area contributed by atoms with Crippen molar-refractivity contribution in [1.82, 2.24) is 0 Å². The minimum Gasteiger partial charge on any atom is -0.398 e. The Hall–Kier alpha value is -0.870. The van der Waals surface area contributed by atoms with Crippen LogP contribution in [0.25, 0.3) is 0 Å². The summed E-state index contributed by atoms with van der Waals surface area (Å²) < 4.78 is 17.1. The second-order valence-corrected chi connectivity index (χ2v) is 5.18. The van der Waals surface area contributed by atoms with Crippen LogP contribution in [0.3, 0.4) is 0 Å². The number of hydrogen-bond acceptors (Lipinski definition) is 3. The second kappa shape index (κ2) is 4.77. The Bertz CT molecular complexity index is 363. The van der Waals surface area contributed by atoms with Crippen LogP contribution in [0.1, 0.15) is 12.8 Å². The Morgan fingerprint density at radius 1 is 1.40 bits per heavy atom. The molecule has 0 saturated heterocycles. The third kappa shape index (κ3) is 3.04. The summed E-state index contributed by atoms with van der Waals surface area (Å²) in [7, 11) is -1.13. The monoisotopic (exact) mass is 225 g/mol. The van der Waals surface area contributed by atoms with Crippen molar-refractivity contribution >= 4 is 16.5 Å². The molecule has 0 heterocycles. The van der Waals surface area contributed by atoms with E-state index < -0.39 is 10.8 Å². The molecule has 0 aliphatic heterocycles. The van der Waals surface area contributed by atoms with E-state index in [0.717, 1.165) is 6.61 Å². The molecule has 1 fully saturated rings. The van der Waals surface area contributed by atoms with E-state index in [1.165, 1.54) is 12.8 Å². The number of hydrogen-bond donors (Lipinski definition) is 1. The zero-order valence-electron chi connectivity index (χ0n) is 8.52. The zero-order valence-corrected chi connectivity index (χ0v) is 9.33. The van der Waals surface area contributed by atoms with Gasteiger partial charge in [0.2, 0.25) is 0 Å². The van der Waals surface area contributed by atoms with Crippen molar-refractivity contribution in [3.63, 3.8) is 0 Å². The van der Waals surface area contributed by atoms with Crippen molar-refractivity contribution in [1.29, 1.82) is 0 Å². The fourth-order valence-corrected chi connectivity index (χ4v) is 2.26. The highest BCUT2D eigenvalue weighted by molar-refractivity contribution is 7.85. The predicted molar refractivity (Wildman–Crippen MR) is 60.8 cm³/mol. The van der Waals surface area contributed by atoms with Gasteiger partial charge < -0.3 is 10.5 Å². The molecule has 2 rings (SSSR count). The van der Waals surface area contributed by atoms with Gasteiger partial charge in [-0.05, 0) is 30.9 Å². The minimum atomic E-state index is -1.13. The van der Waals surface area contributed by atoms with E-state index >= 15 is 0 Å². The first kappa shape index (κ1) is 10.6. The number of nitrogens with two attached hydrogens (primary N) is 1. The average Bonchev–Trinajstić information content (AvgIpc) is 3.02. The number of para-hydroxylation sites is 1. The van der Waals surface area contributed by atoms with Gasteiger partial charge in [-0.15, -0.1) is 0 Å². The third-order valence-electron chi connectivity index (χ3n) is 2.41. The molecule has 0 spiro atoms. The lowest BCUT2D eigenvalue weighted by Gasteiger charge is -2.05. The lowest BCUT2D eigenvalue weighted by atomic mass is 10.3. The van der Waals surface area contributed by atoms with Crippen LogP contribution in [0.5, 0.6) is 0 Å². The zero-order chi connectivity index (χ0) is 10.7. The first-order chi connectivity index (χ1) is 7.27. The van der Waals surface area contributed by atoms with Crippen LogP contribution in [-0.2, 0) is 15.5 Å². The fraction of sp³-hybridized carbons (Fsp3) is 0.455. The van der Waals surface area contributed by atoms with Gasteiger partial charge in [-0.3, -0.25) is 4.21 Å². The van der Waals surface area contributed by atoms with Gasteiger partial charge in [0.1, 0.15) is 5.94 Å². The fourth-order valence-electron chi connectivity index (χ4n) is 1.33. The highest BCUT2D eigenvalue weighted by Gasteiger charge is 2.21. The molecule has 1 aromatic rings. The van der Waals surface area contributed by atoms with E-state index in [4.69, 9.17) is 10.5 Å². The highest BCUT2D eigenvalue weighted by Crippen LogP contribution is 2.29. The lowest BCUT2D eigenvalue weighted by Crippen LogP contribution is -2.06. The van der Waals surface area contributed by atoms with Gasteiger partial charge in [-0.2, -0.15) is 0 Å². The van der Waals surface area contributed by atoms with Gasteiger partial charge in [0.05, 0.1) is 22.3 Å². The minimum absolute atomic E-state index is 0.255. The molecule has 0 radical (unpaired) electrons. The number of nitrogen functional groups attached to an aromatic ring is 1. The number of rotatable bonds is 5. The molecule has 1 unspecified atom stereocenters. The van der Waals surface area contributed by atoms with Crippen molar-refractivity contribution in [3.8, 4) is 0 Å². The molecule has 3 nitrogen and oxygen atoms in total. The average molecular weight is 225 g/mol. The van der Waals surface area contributed by atoms with Gasteiger partial charge >= 0.3 is 0 Å². The van der Waals surface area contributed by atoms with Crippen LogP contribution in [-0.4, -0.2) is 16.8 Å². The SMILES string of the molecule is Nc1ccccc1S(=O)COCC1CC1. The molecular weight excluding hydrogens is 210 g/mol. The summed E-state index contributed by atoms with van der Waals surface area (Å²) in [5, 5.41) is 0. The summed E-state index contributed by atoms with van der Waals surface area (Å²) in [4.78, 5) is 0.674. The maximum atomic E-state index is 11.8. The summed E-state index contributed by atoms with van der Waals surface area (Å²) in [6.07, 6.45) is 2.50. The summed E-state index contributed by atoms with van der Waals surface area (Å²) in [6, 6.07) is 7.21. The molecule has 15 heavy (non-hydrogen) atoms. The first-order valence-electron chi connectivity index (χ1n) is 5.08. The Labute approximate surface area is 92.1 Å². The van der Waals surface area contributed by atoms with E-state index in [0.29, 0.717) is 16.5 Å².